The summed E-state index contributed by atoms with van der Waals surface area (Å²) in [6, 6.07) is 7.97. The Morgan fingerprint density at radius 3 is 2.74 bits per heavy atom. The molecule has 11 heteroatoms. The van der Waals surface area contributed by atoms with Gasteiger partial charge in [-0.3, -0.25) is 9.59 Å². The van der Waals surface area contributed by atoms with E-state index >= 15 is 0 Å². The van der Waals surface area contributed by atoms with E-state index in [0.717, 1.165) is 0 Å². The summed E-state index contributed by atoms with van der Waals surface area (Å²) in [5.41, 5.74) is 0.679. The second-order valence-electron chi connectivity index (χ2n) is 7.07. The summed E-state index contributed by atoms with van der Waals surface area (Å²) in [6.45, 7) is 2.08. The van der Waals surface area contributed by atoms with Crippen LogP contribution in [0.1, 0.15) is 29.0 Å². The molecule has 1 aromatic heterocycles. The smallest absolute Gasteiger partial charge is 0.256 e. The zero-order chi connectivity index (χ0) is 22.1. The number of carbonyl (C=O) groups is 2. The molecule has 1 aliphatic rings. The lowest BCUT2D eigenvalue weighted by atomic mass is 10.1. The highest BCUT2D eigenvalue weighted by atomic mass is 35.5. The van der Waals surface area contributed by atoms with Crippen molar-refractivity contribution in [1.29, 1.82) is 0 Å². The molecule has 1 fully saturated rings. The number of nitrogens with zero attached hydrogens (tertiary/aromatic N) is 5. The van der Waals surface area contributed by atoms with Gasteiger partial charge in [-0.05, 0) is 66.6 Å². The number of likely N-dealkylation sites (tertiary alicyclic amines) is 1. The van der Waals surface area contributed by atoms with Gasteiger partial charge in [0, 0.05) is 11.6 Å². The third kappa shape index (κ3) is 4.24. The largest absolute Gasteiger partial charge is 0.327 e. The molecule has 0 bridgehead atoms. The number of nitrogens with one attached hydrogen (secondary N) is 1. The molecule has 0 spiro atoms. The minimum Gasteiger partial charge on any atom is -0.327 e. The van der Waals surface area contributed by atoms with Crippen LogP contribution in [0.15, 0.2) is 36.4 Å². The number of carbonyl (C=O) groups excluding carboxylic acids is 2. The number of rotatable bonds is 4. The minimum absolute atomic E-state index is 0.0301. The molecule has 1 saturated heterocycles. The van der Waals surface area contributed by atoms with Crippen molar-refractivity contribution in [3.8, 4) is 5.69 Å². The van der Waals surface area contributed by atoms with Crippen molar-refractivity contribution in [3.05, 3.63) is 63.6 Å². The number of benzene rings is 2. The lowest BCUT2D eigenvalue weighted by Crippen LogP contribution is -2.43. The van der Waals surface area contributed by atoms with E-state index in [-0.39, 0.29) is 16.3 Å². The fourth-order valence-electron chi connectivity index (χ4n) is 3.53. The Bertz CT molecular complexity index is 1170. The van der Waals surface area contributed by atoms with Gasteiger partial charge in [-0.25, -0.2) is 4.39 Å². The zero-order valence-corrected chi connectivity index (χ0v) is 17.9. The predicted molar refractivity (Wildman–Crippen MR) is 113 cm³/mol. The molecule has 1 atom stereocenters. The number of halogens is 3. The topological polar surface area (TPSA) is 93.0 Å². The summed E-state index contributed by atoms with van der Waals surface area (Å²) in [5, 5.41) is 14.4. The molecule has 4 rings (SSSR count). The number of aromatic nitrogens is 4. The van der Waals surface area contributed by atoms with Gasteiger partial charge >= 0.3 is 0 Å². The molecule has 0 radical (unpaired) electrons. The summed E-state index contributed by atoms with van der Waals surface area (Å²) >= 11 is 12.1. The minimum atomic E-state index is -0.764. The van der Waals surface area contributed by atoms with E-state index in [0.29, 0.717) is 35.9 Å². The molecule has 1 aliphatic heterocycles. The van der Waals surface area contributed by atoms with Crippen LogP contribution in [-0.2, 0) is 4.79 Å². The van der Waals surface area contributed by atoms with E-state index in [9.17, 15) is 14.0 Å². The molecule has 1 unspecified atom stereocenters. The quantitative estimate of drug-likeness (QED) is 0.638. The first kappa shape index (κ1) is 21.2. The monoisotopic (exact) mass is 462 g/mol. The lowest BCUT2D eigenvalue weighted by Gasteiger charge is -2.24. The number of aryl methyl sites for hydroxylation is 1. The first-order valence-electron chi connectivity index (χ1n) is 9.47. The maximum atomic E-state index is 14.4. The lowest BCUT2D eigenvalue weighted by molar-refractivity contribution is -0.119. The Labute approximate surface area is 186 Å². The molecule has 2 aromatic carbocycles. The average molecular weight is 463 g/mol. The number of hydrogen-bond donors (Lipinski definition) is 1. The Balaban J connectivity index is 1.56. The maximum absolute atomic E-state index is 14.4. The van der Waals surface area contributed by atoms with Gasteiger partial charge in [-0.15, -0.1) is 5.10 Å². The first-order chi connectivity index (χ1) is 14.8. The standard InChI is InChI=1S/C20H17Cl2FN6O2/c1-11-25-26-27-29(11)13-5-7-16(23)17(10-13)24-19(30)18-3-2-8-28(18)20(31)14-9-12(21)4-6-15(14)22/h4-7,9-10,18H,2-3,8H2,1H3,(H,24,30). The van der Waals surface area contributed by atoms with Crippen molar-refractivity contribution in [2.45, 2.75) is 25.8 Å². The van der Waals surface area contributed by atoms with Crippen LogP contribution in [0.5, 0.6) is 0 Å². The van der Waals surface area contributed by atoms with Gasteiger partial charge in [0.05, 0.1) is 22.0 Å². The number of amides is 2. The van der Waals surface area contributed by atoms with Crippen molar-refractivity contribution in [2.24, 2.45) is 0 Å². The van der Waals surface area contributed by atoms with Crippen LogP contribution < -0.4 is 5.32 Å². The van der Waals surface area contributed by atoms with Gasteiger partial charge in [0.1, 0.15) is 11.9 Å². The fourth-order valence-corrected chi connectivity index (χ4v) is 3.90. The van der Waals surface area contributed by atoms with Crippen molar-refractivity contribution < 1.29 is 14.0 Å². The predicted octanol–water partition coefficient (Wildman–Crippen LogP) is 3.66. The van der Waals surface area contributed by atoms with Gasteiger partial charge < -0.3 is 10.2 Å². The van der Waals surface area contributed by atoms with Crippen LogP contribution in [0, 0.1) is 12.7 Å². The molecular formula is C20H17Cl2FN6O2. The van der Waals surface area contributed by atoms with E-state index in [1.807, 2.05) is 0 Å². The average Bonchev–Trinajstić information content (AvgIpc) is 3.40. The summed E-state index contributed by atoms with van der Waals surface area (Å²) in [5.74, 6) is -0.997. The van der Waals surface area contributed by atoms with Crippen molar-refractivity contribution in [2.75, 3.05) is 11.9 Å². The summed E-state index contributed by atoms with van der Waals surface area (Å²) < 4.78 is 15.8. The Hall–Kier alpha value is -3.04. The van der Waals surface area contributed by atoms with Crippen LogP contribution in [0.25, 0.3) is 5.69 Å². The second-order valence-corrected chi connectivity index (χ2v) is 7.92. The fraction of sp³-hybridized carbons (Fsp3) is 0.250. The first-order valence-corrected chi connectivity index (χ1v) is 10.2. The van der Waals surface area contributed by atoms with Crippen molar-refractivity contribution in [1.82, 2.24) is 25.1 Å². The molecule has 2 heterocycles. The third-order valence-electron chi connectivity index (χ3n) is 5.05. The van der Waals surface area contributed by atoms with Crippen LogP contribution in [-0.4, -0.2) is 49.5 Å². The SMILES string of the molecule is Cc1nnnn1-c1ccc(F)c(NC(=O)C2CCCN2C(=O)c2cc(Cl)ccc2Cl)c1. The van der Waals surface area contributed by atoms with Crippen LogP contribution in [0.4, 0.5) is 10.1 Å². The highest BCUT2D eigenvalue weighted by Gasteiger charge is 2.35. The highest BCUT2D eigenvalue weighted by Crippen LogP contribution is 2.27. The molecule has 8 nitrogen and oxygen atoms in total. The molecule has 3 aromatic rings. The summed E-state index contributed by atoms with van der Waals surface area (Å²) in [6.07, 6.45) is 1.08. The van der Waals surface area contributed by atoms with Gasteiger partial charge in [-0.2, -0.15) is 4.68 Å². The maximum Gasteiger partial charge on any atom is 0.256 e. The molecule has 2 amide bonds. The van der Waals surface area contributed by atoms with Crippen LogP contribution >= 0.6 is 23.2 Å². The third-order valence-corrected chi connectivity index (χ3v) is 5.62. The van der Waals surface area contributed by atoms with E-state index in [4.69, 9.17) is 23.2 Å². The van der Waals surface area contributed by atoms with Gasteiger partial charge in [0.15, 0.2) is 5.82 Å². The van der Waals surface area contributed by atoms with Gasteiger partial charge in [-0.1, -0.05) is 23.2 Å². The molecule has 0 saturated carbocycles. The van der Waals surface area contributed by atoms with E-state index < -0.39 is 23.7 Å². The second kappa shape index (κ2) is 8.60. The van der Waals surface area contributed by atoms with Crippen molar-refractivity contribution in [3.63, 3.8) is 0 Å². The summed E-state index contributed by atoms with van der Waals surface area (Å²) in [7, 11) is 0. The summed E-state index contributed by atoms with van der Waals surface area (Å²) in [4.78, 5) is 27.4. The van der Waals surface area contributed by atoms with E-state index in [2.05, 4.69) is 20.8 Å². The number of hydrogen-bond acceptors (Lipinski definition) is 5. The highest BCUT2D eigenvalue weighted by molar-refractivity contribution is 6.35. The normalized spacial score (nSPS) is 15.9. The molecule has 160 valence electrons. The molecule has 0 aliphatic carbocycles. The zero-order valence-electron chi connectivity index (χ0n) is 16.3. The van der Waals surface area contributed by atoms with E-state index in [1.54, 1.807) is 13.0 Å². The van der Waals surface area contributed by atoms with E-state index in [1.165, 1.54) is 39.9 Å². The van der Waals surface area contributed by atoms with Crippen LogP contribution in [0.3, 0.4) is 0 Å². The molecule has 31 heavy (non-hydrogen) atoms. The van der Waals surface area contributed by atoms with Gasteiger partial charge in [0.2, 0.25) is 5.91 Å². The van der Waals surface area contributed by atoms with Crippen molar-refractivity contribution >= 4 is 40.7 Å². The van der Waals surface area contributed by atoms with Crippen LogP contribution in [0.2, 0.25) is 10.0 Å². The molecule has 1 N–H and O–H groups in total. The Kier molecular flexibility index (Phi) is 5.88. The Morgan fingerprint density at radius 1 is 1.19 bits per heavy atom. The van der Waals surface area contributed by atoms with Gasteiger partial charge in [0.25, 0.3) is 5.91 Å². The number of tetrazole rings is 1. The molecular weight excluding hydrogens is 446 g/mol. The Morgan fingerprint density at radius 2 is 2.00 bits per heavy atom. The number of anilines is 1.